The van der Waals surface area contributed by atoms with Crippen molar-refractivity contribution in [1.29, 1.82) is 5.26 Å². The number of imidazole rings is 1. The Kier molecular flexibility index (Phi) is 6.92. The van der Waals surface area contributed by atoms with Crippen LogP contribution in [0.1, 0.15) is 47.5 Å². The van der Waals surface area contributed by atoms with E-state index in [1.807, 2.05) is 6.07 Å². The predicted molar refractivity (Wildman–Crippen MR) is 120 cm³/mol. The van der Waals surface area contributed by atoms with Gasteiger partial charge < -0.3 is 14.6 Å². The Bertz CT molecular complexity index is 1460. The number of rotatable bonds is 2. The first-order valence-electron chi connectivity index (χ1n) is 10.4. The molecule has 0 saturated heterocycles. The molecule has 2 atom stereocenters. The molecule has 0 bridgehead atoms. The first kappa shape index (κ1) is 27.1. The van der Waals surface area contributed by atoms with Gasteiger partial charge in [-0.1, -0.05) is 0 Å². The zero-order valence-electron chi connectivity index (χ0n) is 19.6. The number of aryl methyl sites for hydroxylation is 1. The molecular formula is C21H23F3N6O5S. The highest BCUT2D eigenvalue weighted by Crippen LogP contribution is 2.40. The number of carbonyl (C=O) groups is 1. The highest BCUT2D eigenvalue weighted by atomic mass is 32.2. The molecule has 0 aliphatic carbocycles. The van der Waals surface area contributed by atoms with Gasteiger partial charge in [-0.25, -0.2) is 4.98 Å². The molecule has 36 heavy (non-hydrogen) atoms. The first-order chi connectivity index (χ1) is 16.5. The maximum absolute atomic E-state index is 13.3. The lowest BCUT2D eigenvalue weighted by Gasteiger charge is -2.36. The minimum Gasteiger partial charge on any atom is -0.374 e. The second-order valence-electron chi connectivity index (χ2n) is 8.60. The molecule has 0 saturated carbocycles. The van der Waals surface area contributed by atoms with Crippen LogP contribution in [-0.2, 0) is 29.3 Å². The summed E-state index contributed by atoms with van der Waals surface area (Å²) in [5, 5.41) is 24.0. The topological polar surface area (TPSA) is 154 Å². The Morgan fingerprint density at radius 3 is 2.47 bits per heavy atom. The van der Waals surface area contributed by atoms with Gasteiger partial charge in [0.2, 0.25) is 5.60 Å². The maximum atomic E-state index is 13.3. The Morgan fingerprint density at radius 2 is 1.92 bits per heavy atom. The van der Waals surface area contributed by atoms with Crippen molar-refractivity contribution in [3.8, 4) is 6.07 Å². The van der Waals surface area contributed by atoms with E-state index in [1.54, 1.807) is 32.2 Å². The van der Waals surface area contributed by atoms with Crippen LogP contribution in [0.5, 0.6) is 0 Å². The van der Waals surface area contributed by atoms with E-state index in [-0.39, 0.29) is 19.0 Å². The SMILES string of the molecule is CS(=O)(=O)O.C[C@H]1CN(C(=O)c2c3ccc(C#N)cc3nn2C)Cc2cnc(C(C)(O)C(F)(F)F)n21. The van der Waals surface area contributed by atoms with Gasteiger partial charge in [0.05, 0.1) is 47.9 Å². The lowest BCUT2D eigenvalue weighted by molar-refractivity contribution is -0.263. The summed E-state index contributed by atoms with van der Waals surface area (Å²) in [5.41, 5.74) is -1.47. The fourth-order valence-electron chi connectivity index (χ4n) is 3.98. The predicted octanol–water partition coefficient (Wildman–Crippen LogP) is 2.13. The summed E-state index contributed by atoms with van der Waals surface area (Å²) in [6.45, 7) is 2.50. The van der Waals surface area contributed by atoms with Crippen molar-refractivity contribution in [3.05, 3.63) is 47.2 Å². The number of halogens is 3. The normalized spacial score (nSPS) is 17.6. The number of amides is 1. The number of aromatic nitrogens is 4. The monoisotopic (exact) mass is 528 g/mol. The zero-order valence-corrected chi connectivity index (χ0v) is 20.5. The molecule has 0 spiro atoms. The fraction of sp³-hybridized carbons (Fsp3) is 0.429. The minimum absolute atomic E-state index is 0.0348. The molecule has 2 N–H and O–H groups in total. The molecule has 1 amide bonds. The van der Waals surface area contributed by atoms with E-state index in [0.29, 0.717) is 41.0 Å². The van der Waals surface area contributed by atoms with Crippen molar-refractivity contribution in [2.75, 3.05) is 12.8 Å². The van der Waals surface area contributed by atoms with Crippen molar-refractivity contribution in [3.63, 3.8) is 0 Å². The summed E-state index contributed by atoms with van der Waals surface area (Å²) < 4.78 is 68.6. The van der Waals surface area contributed by atoms with E-state index in [9.17, 15) is 31.5 Å². The maximum Gasteiger partial charge on any atom is 0.424 e. The molecule has 1 aromatic carbocycles. The van der Waals surface area contributed by atoms with Crippen LogP contribution in [0.25, 0.3) is 10.9 Å². The Balaban J connectivity index is 0.000000658. The molecule has 11 nitrogen and oxygen atoms in total. The molecule has 15 heteroatoms. The van der Waals surface area contributed by atoms with Gasteiger partial charge in [-0.15, -0.1) is 0 Å². The summed E-state index contributed by atoms with van der Waals surface area (Å²) in [5.74, 6) is -0.831. The number of nitriles is 1. The summed E-state index contributed by atoms with van der Waals surface area (Å²) in [6, 6.07) is 6.33. The van der Waals surface area contributed by atoms with E-state index < -0.39 is 33.8 Å². The van der Waals surface area contributed by atoms with Crippen LogP contribution in [-0.4, -0.2) is 67.2 Å². The van der Waals surface area contributed by atoms with E-state index in [4.69, 9.17) is 9.81 Å². The van der Waals surface area contributed by atoms with Crippen LogP contribution in [0.3, 0.4) is 0 Å². The molecular weight excluding hydrogens is 505 g/mol. The zero-order chi connectivity index (χ0) is 27.2. The average molecular weight is 529 g/mol. The molecule has 2 aromatic heterocycles. The van der Waals surface area contributed by atoms with Gasteiger partial charge in [-0.3, -0.25) is 14.0 Å². The number of carbonyl (C=O) groups excluding carboxylic acids is 1. The van der Waals surface area contributed by atoms with Crippen LogP contribution in [0.2, 0.25) is 0 Å². The number of hydrogen-bond donors (Lipinski definition) is 2. The van der Waals surface area contributed by atoms with Crippen molar-refractivity contribution < 1.29 is 36.0 Å². The van der Waals surface area contributed by atoms with Gasteiger partial charge in [-0.2, -0.15) is 31.9 Å². The van der Waals surface area contributed by atoms with Gasteiger partial charge in [0, 0.05) is 19.0 Å². The second-order valence-corrected chi connectivity index (χ2v) is 10.1. The van der Waals surface area contributed by atoms with Crippen molar-refractivity contribution in [2.45, 2.75) is 38.2 Å². The van der Waals surface area contributed by atoms with Gasteiger partial charge in [0.15, 0.2) is 5.82 Å². The number of hydrogen-bond acceptors (Lipinski definition) is 7. The summed E-state index contributed by atoms with van der Waals surface area (Å²) in [6.07, 6.45) is -2.92. The lowest BCUT2D eigenvalue weighted by atomic mass is 10.0. The molecule has 194 valence electrons. The Morgan fingerprint density at radius 1 is 1.31 bits per heavy atom. The highest BCUT2D eigenvalue weighted by molar-refractivity contribution is 7.85. The van der Waals surface area contributed by atoms with E-state index in [1.165, 1.54) is 20.3 Å². The Labute approximate surface area is 204 Å². The molecule has 0 radical (unpaired) electrons. The number of alkyl halides is 3. The number of benzene rings is 1. The highest BCUT2D eigenvalue weighted by Gasteiger charge is 2.55. The van der Waals surface area contributed by atoms with Gasteiger partial charge in [0.25, 0.3) is 16.0 Å². The van der Waals surface area contributed by atoms with E-state index >= 15 is 0 Å². The largest absolute Gasteiger partial charge is 0.424 e. The second kappa shape index (κ2) is 9.19. The minimum atomic E-state index is -4.89. The molecule has 4 rings (SSSR count). The van der Waals surface area contributed by atoms with Crippen molar-refractivity contribution in [2.24, 2.45) is 7.05 Å². The van der Waals surface area contributed by atoms with E-state index in [0.717, 1.165) is 0 Å². The third-order valence-corrected chi connectivity index (χ3v) is 5.59. The van der Waals surface area contributed by atoms with Gasteiger partial charge >= 0.3 is 6.18 Å². The van der Waals surface area contributed by atoms with Crippen molar-refractivity contribution in [1.82, 2.24) is 24.2 Å². The quantitative estimate of drug-likeness (QED) is 0.480. The third-order valence-electron chi connectivity index (χ3n) is 5.59. The smallest absolute Gasteiger partial charge is 0.374 e. The van der Waals surface area contributed by atoms with Crippen LogP contribution in [0.15, 0.2) is 24.4 Å². The molecule has 1 unspecified atom stereocenters. The lowest BCUT2D eigenvalue weighted by Crippen LogP contribution is -2.46. The summed E-state index contributed by atoms with van der Waals surface area (Å²) >= 11 is 0. The molecule has 1 aliphatic heterocycles. The van der Waals surface area contributed by atoms with Crippen LogP contribution < -0.4 is 0 Å². The number of fused-ring (bicyclic) bond motifs is 2. The van der Waals surface area contributed by atoms with Crippen LogP contribution >= 0.6 is 0 Å². The molecule has 3 heterocycles. The van der Waals surface area contributed by atoms with Crippen LogP contribution in [0.4, 0.5) is 13.2 Å². The molecule has 0 fully saturated rings. The molecule has 1 aliphatic rings. The summed E-state index contributed by atoms with van der Waals surface area (Å²) in [7, 11) is -2.05. The van der Waals surface area contributed by atoms with Gasteiger partial charge in [0.1, 0.15) is 5.69 Å². The first-order valence-corrected chi connectivity index (χ1v) is 12.2. The third kappa shape index (κ3) is 5.20. The average Bonchev–Trinajstić information content (AvgIpc) is 3.31. The standard InChI is InChI=1S/C20H19F3N6O2.CH4O3S/c1-11-9-28(10-13-8-25-18(29(11)13)19(2,31)20(21,22)23)17(30)16-14-5-4-12(7-24)6-15(14)26-27(16)3;1-5(2,3)4/h4-6,8,11,31H,9-10H2,1-3H3;1H3,(H,2,3,4)/t11-,19?;/m0./s1. The van der Waals surface area contributed by atoms with Gasteiger partial charge in [-0.05, 0) is 32.0 Å². The molecule has 3 aromatic rings. The number of nitrogens with zero attached hydrogens (tertiary/aromatic N) is 6. The fourth-order valence-corrected chi connectivity index (χ4v) is 3.98. The Hall–Kier alpha value is -3.48. The van der Waals surface area contributed by atoms with Crippen molar-refractivity contribution >= 4 is 26.9 Å². The number of aliphatic hydroxyl groups is 1. The van der Waals surface area contributed by atoms with E-state index in [2.05, 4.69) is 10.1 Å². The summed E-state index contributed by atoms with van der Waals surface area (Å²) in [4.78, 5) is 18.7. The van der Waals surface area contributed by atoms with Crippen LogP contribution in [0, 0.1) is 11.3 Å².